The molecule has 1 atom stereocenters. The molecule has 3 heterocycles. The van der Waals surface area contributed by atoms with Gasteiger partial charge in [0.05, 0.1) is 11.4 Å². The van der Waals surface area contributed by atoms with Crippen LogP contribution in [0.15, 0.2) is 54.7 Å². The van der Waals surface area contributed by atoms with Crippen molar-refractivity contribution in [2.75, 3.05) is 13.1 Å². The zero-order valence-corrected chi connectivity index (χ0v) is 15.1. The molecule has 1 aromatic carbocycles. The lowest BCUT2D eigenvalue weighted by molar-refractivity contribution is 0.0790. The Morgan fingerprint density at radius 3 is 2.58 bits per heavy atom. The molecule has 0 bridgehead atoms. The molecule has 1 aliphatic rings. The summed E-state index contributed by atoms with van der Waals surface area (Å²) in [6.07, 6.45) is 2.78. The third kappa shape index (κ3) is 3.12. The van der Waals surface area contributed by atoms with Gasteiger partial charge in [0.25, 0.3) is 5.91 Å². The van der Waals surface area contributed by atoms with Gasteiger partial charge in [-0.1, -0.05) is 6.07 Å². The first-order valence-corrected chi connectivity index (χ1v) is 8.96. The number of benzene rings is 1. The number of rotatable bonds is 3. The summed E-state index contributed by atoms with van der Waals surface area (Å²) in [6, 6.07) is 15.7. The highest BCUT2D eigenvalue weighted by Crippen LogP contribution is 2.27. The molecule has 1 unspecified atom stereocenters. The average Bonchev–Trinajstić information content (AvgIpc) is 3.29. The van der Waals surface area contributed by atoms with E-state index in [1.807, 2.05) is 78.2 Å². The van der Waals surface area contributed by atoms with E-state index in [4.69, 9.17) is 0 Å². The van der Waals surface area contributed by atoms with E-state index in [2.05, 4.69) is 10.1 Å². The van der Waals surface area contributed by atoms with Crippen LogP contribution in [-0.4, -0.2) is 38.7 Å². The third-order valence-corrected chi connectivity index (χ3v) is 4.95. The number of amides is 1. The smallest absolute Gasteiger partial charge is 0.253 e. The van der Waals surface area contributed by atoms with Crippen LogP contribution >= 0.6 is 0 Å². The summed E-state index contributed by atoms with van der Waals surface area (Å²) in [6.45, 7) is 5.52. The van der Waals surface area contributed by atoms with Crippen molar-refractivity contribution in [1.29, 1.82) is 0 Å². The number of carbonyl (C=O) groups is 1. The summed E-state index contributed by atoms with van der Waals surface area (Å²) in [5, 5.41) is 4.49. The van der Waals surface area contributed by atoms with Gasteiger partial charge >= 0.3 is 0 Å². The van der Waals surface area contributed by atoms with Crippen LogP contribution in [0.3, 0.4) is 0 Å². The second-order valence-electron chi connectivity index (χ2n) is 6.88. The molecule has 5 heteroatoms. The van der Waals surface area contributed by atoms with Crippen molar-refractivity contribution in [1.82, 2.24) is 19.7 Å². The predicted molar refractivity (Wildman–Crippen MR) is 101 cm³/mol. The molecule has 0 N–H and O–H groups in total. The maximum atomic E-state index is 12.8. The highest BCUT2D eigenvalue weighted by molar-refractivity contribution is 5.94. The third-order valence-electron chi connectivity index (χ3n) is 4.95. The van der Waals surface area contributed by atoms with Crippen molar-refractivity contribution in [3.8, 4) is 5.69 Å². The van der Waals surface area contributed by atoms with Crippen LogP contribution in [0.5, 0.6) is 0 Å². The Kier molecular flexibility index (Phi) is 4.29. The highest BCUT2D eigenvalue weighted by Gasteiger charge is 2.28. The van der Waals surface area contributed by atoms with Gasteiger partial charge in [-0.25, -0.2) is 4.68 Å². The zero-order valence-electron chi connectivity index (χ0n) is 15.1. The standard InChI is InChI=1S/C21H22N4O/c1-15-13-16(2)25(23-15)19-8-6-17(7-9-19)21(26)24-12-10-18(14-24)20-5-3-4-11-22-20/h3-9,11,13,18H,10,12,14H2,1-2H3. The lowest BCUT2D eigenvalue weighted by atomic mass is 10.0. The van der Waals surface area contributed by atoms with E-state index in [1.54, 1.807) is 0 Å². The minimum atomic E-state index is 0.0864. The van der Waals surface area contributed by atoms with Crippen LogP contribution < -0.4 is 0 Å². The fourth-order valence-electron chi connectivity index (χ4n) is 3.62. The lowest BCUT2D eigenvalue weighted by Crippen LogP contribution is -2.28. The van der Waals surface area contributed by atoms with E-state index in [0.29, 0.717) is 5.92 Å². The Hall–Kier alpha value is -2.95. The molecule has 0 saturated carbocycles. The fourth-order valence-corrected chi connectivity index (χ4v) is 3.62. The number of nitrogens with zero attached hydrogens (tertiary/aromatic N) is 4. The summed E-state index contributed by atoms with van der Waals surface area (Å²) in [7, 11) is 0. The fraction of sp³-hybridized carbons (Fsp3) is 0.286. The van der Waals surface area contributed by atoms with Gasteiger partial charge in [-0.15, -0.1) is 0 Å². The van der Waals surface area contributed by atoms with Crippen molar-refractivity contribution in [2.45, 2.75) is 26.2 Å². The SMILES string of the molecule is Cc1cc(C)n(-c2ccc(C(=O)N3CCC(c4ccccn4)C3)cc2)n1. The van der Waals surface area contributed by atoms with Gasteiger partial charge in [-0.2, -0.15) is 5.10 Å². The summed E-state index contributed by atoms with van der Waals surface area (Å²) < 4.78 is 1.90. The molecule has 0 aliphatic carbocycles. The summed E-state index contributed by atoms with van der Waals surface area (Å²) in [5.41, 5.74) is 4.83. The number of aromatic nitrogens is 3. The van der Waals surface area contributed by atoms with Crippen molar-refractivity contribution in [2.24, 2.45) is 0 Å². The average molecular weight is 346 g/mol. The van der Waals surface area contributed by atoms with Crippen LogP contribution in [0, 0.1) is 13.8 Å². The Morgan fingerprint density at radius 1 is 1.12 bits per heavy atom. The molecule has 3 aromatic rings. The van der Waals surface area contributed by atoms with Crippen LogP contribution in [0.25, 0.3) is 5.69 Å². The second kappa shape index (κ2) is 6.75. The number of hydrogen-bond donors (Lipinski definition) is 0. The van der Waals surface area contributed by atoms with Crippen LogP contribution in [-0.2, 0) is 0 Å². The summed E-state index contributed by atoms with van der Waals surface area (Å²) in [5.74, 6) is 0.414. The van der Waals surface area contributed by atoms with E-state index in [9.17, 15) is 4.79 Å². The van der Waals surface area contributed by atoms with E-state index >= 15 is 0 Å². The molecule has 26 heavy (non-hydrogen) atoms. The first-order valence-electron chi connectivity index (χ1n) is 8.96. The largest absolute Gasteiger partial charge is 0.338 e. The van der Waals surface area contributed by atoms with Gasteiger partial charge in [0.15, 0.2) is 0 Å². The monoisotopic (exact) mass is 346 g/mol. The minimum absolute atomic E-state index is 0.0864. The van der Waals surface area contributed by atoms with Gasteiger partial charge in [-0.05, 0) is 62.7 Å². The first-order chi connectivity index (χ1) is 12.6. The Bertz CT molecular complexity index is 915. The van der Waals surface area contributed by atoms with Gasteiger partial charge in [0.1, 0.15) is 0 Å². The molecule has 5 nitrogen and oxygen atoms in total. The van der Waals surface area contributed by atoms with Gasteiger partial charge in [0, 0.05) is 42.2 Å². The number of likely N-dealkylation sites (tertiary alicyclic amines) is 1. The maximum Gasteiger partial charge on any atom is 0.253 e. The summed E-state index contributed by atoms with van der Waals surface area (Å²) in [4.78, 5) is 19.2. The topological polar surface area (TPSA) is 51.0 Å². The number of aryl methyl sites for hydroxylation is 2. The molecule has 0 radical (unpaired) electrons. The molecule has 1 amide bonds. The van der Waals surface area contributed by atoms with Crippen molar-refractivity contribution in [3.63, 3.8) is 0 Å². The van der Waals surface area contributed by atoms with Crippen molar-refractivity contribution in [3.05, 3.63) is 77.4 Å². The van der Waals surface area contributed by atoms with Crippen LogP contribution in [0.1, 0.15) is 39.8 Å². The van der Waals surface area contributed by atoms with Crippen molar-refractivity contribution >= 4 is 5.91 Å². The van der Waals surface area contributed by atoms with Crippen molar-refractivity contribution < 1.29 is 4.79 Å². The zero-order chi connectivity index (χ0) is 18.1. The Morgan fingerprint density at radius 2 is 1.92 bits per heavy atom. The number of carbonyl (C=O) groups excluding carboxylic acids is 1. The van der Waals surface area contributed by atoms with E-state index in [0.717, 1.165) is 47.8 Å². The maximum absolute atomic E-state index is 12.8. The predicted octanol–water partition coefficient (Wildman–Crippen LogP) is 3.51. The van der Waals surface area contributed by atoms with E-state index in [1.165, 1.54) is 0 Å². The van der Waals surface area contributed by atoms with E-state index in [-0.39, 0.29) is 5.91 Å². The molecule has 2 aromatic heterocycles. The Balaban J connectivity index is 1.48. The van der Waals surface area contributed by atoms with Gasteiger partial charge < -0.3 is 4.90 Å². The molecule has 132 valence electrons. The molecule has 1 aliphatic heterocycles. The number of hydrogen-bond acceptors (Lipinski definition) is 3. The molecule has 1 saturated heterocycles. The summed E-state index contributed by atoms with van der Waals surface area (Å²) >= 11 is 0. The van der Waals surface area contributed by atoms with Gasteiger partial charge in [-0.3, -0.25) is 9.78 Å². The quantitative estimate of drug-likeness (QED) is 0.729. The first kappa shape index (κ1) is 16.5. The molecular formula is C21H22N4O. The normalized spacial score (nSPS) is 16.8. The Labute approximate surface area is 153 Å². The van der Waals surface area contributed by atoms with Crippen LogP contribution in [0.4, 0.5) is 0 Å². The van der Waals surface area contributed by atoms with Crippen LogP contribution in [0.2, 0.25) is 0 Å². The molecule has 1 fully saturated rings. The highest BCUT2D eigenvalue weighted by atomic mass is 16.2. The number of pyridine rings is 1. The van der Waals surface area contributed by atoms with E-state index < -0.39 is 0 Å². The molecule has 0 spiro atoms. The minimum Gasteiger partial charge on any atom is -0.338 e. The van der Waals surface area contributed by atoms with Gasteiger partial charge in [0.2, 0.25) is 0 Å². The lowest BCUT2D eigenvalue weighted by Gasteiger charge is -2.17. The second-order valence-corrected chi connectivity index (χ2v) is 6.88. The molecular weight excluding hydrogens is 324 g/mol. The molecule has 4 rings (SSSR count).